The van der Waals surface area contributed by atoms with Gasteiger partial charge in [0, 0.05) is 30.4 Å². The Kier molecular flexibility index (Phi) is 7.33. The molecule has 1 aliphatic rings. The van der Waals surface area contributed by atoms with Gasteiger partial charge in [-0.3, -0.25) is 0 Å². The van der Waals surface area contributed by atoms with Gasteiger partial charge < -0.3 is 4.90 Å². The van der Waals surface area contributed by atoms with Crippen LogP contribution in [0.2, 0.25) is 0 Å². The summed E-state index contributed by atoms with van der Waals surface area (Å²) in [5, 5.41) is 0. The third-order valence-corrected chi connectivity index (χ3v) is 6.86. The van der Waals surface area contributed by atoms with E-state index in [0.717, 1.165) is 0 Å². The number of hydrogen-bond acceptors (Lipinski definition) is 2. The molecule has 0 amide bonds. The monoisotopic (exact) mass is 333 g/mol. The summed E-state index contributed by atoms with van der Waals surface area (Å²) >= 11 is 2.13. The van der Waals surface area contributed by atoms with Gasteiger partial charge in [-0.15, -0.1) is 11.8 Å². The van der Waals surface area contributed by atoms with Crippen LogP contribution in [-0.4, -0.2) is 19.8 Å². The maximum atomic E-state index is 2.42. The van der Waals surface area contributed by atoms with Gasteiger partial charge in [0.05, 0.1) is 0 Å². The first-order chi connectivity index (χ1) is 11.1. The Hall–Kier alpha value is -0.630. The Morgan fingerprint density at radius 1 is 1.04 bits per heavy atom. The second-order valence-corrected chi connectivity index (χ2v) is 8.55. The van der Waals surface area contributed by atoms with Crippen LogP contribution in [-0.2, 0) is 6.42 Å². The lowest BCUT2D eigenvalue weighted by Gasteiger charge is -2.32. The van der Waals surface area contributed by atoms with Crippen LogP contribution in [0.15, 0.2) is 23.1 Å². The number of nitrogens with zero attached hydrogens (tertiary/aromatic N) is 1. The fraction of sp³-hybridized carbons (Fsp3) is 0.714. The van der Waals surface area contributed by atoms with Gasteiger partial charge in [-0.1, -0.05) is 46.0 Å². The Balaban J connectivity index is 2.12. The van der Waals surface area contributed by atoms with Crippen LogP contribution in [0.5, 0.6) is 0 Å². The average Bonchev–Trinajstić information content (AvgIpc) is 2.73. The zero-order chi connectivity index (χ0) is 16.7. The second kappa shape index (κ2) is 9.01. The van der Waals surface area contributed by atoms with E-state index in [9.17, 15) is 0 Å². The van der Waals surface area contributed by atoms with Crippen molar-refractivity contribution in [2.75, 3.05) is 24.7 Å². The van der Waals surface area contributed by atoms with Gasteiger partial charge in [0.15, 0.2) is 0 Å². The number of aryl methyl sites for hydroxylation is 1. The lowest BCUT2D eigenvalue weighted by atomic mass is 9.75. The number of benzene rings is 1. The van der Waals surface area contributed by atoms with Crippen molar-refractivity contribution in [2.45, 2.75) is 76.5 Å². The molecular formula is C21H35NS. The van der Waals surface area contributed by atoms with E-state index in [-0.39, 0.29) is 0 Å². The van der Waals surface area contributed by atoms with Crippen molar-refractivity contribution in [3.8, 4) is 0 Å². The van der Waals surface area contributed by atoms with E-state index in [1.807, 2.05) is 0 Å². The largest absolute Gasteiger partial charge is 0.378 e. The Bertz CT molecular complexity index is 483. The highest BCUT2D eigenvalue weighted by atomic mass is 32.2. The van der Waals surface area contributed by atoms with E-state index in [4.69, 9.17) is 0 Å². The molecule has 0 aromatic heterocycles. The molecule has 0 fully saturated rings. The lowest BCUT2D eigenvalue weighted by Crippen LogP contribution is -2.24. The van der Waals surface area contributed by atoms with Crippen molar-refractivity contribution in [3.63, 3.8) is 0 Å². The zero-order valence-corrected chi connectivity index (χ0v) is 16.5. The third kappa shape index (κ3) is 5.17. The van der Waals surface area contributed by atoms with Crippen LogP contribution in [0.25, 0.3) is 0 Å². The highest BCUT2D eigenvalue weighted by Crippen LogP contribution is 2.45. The van der Waals surface area contributed by atoms with E-state index in [1.54, 1.807) is 5.56 Å². The average molecular weight is 334 g/mol. The molecule has 0 bridgehead atoms. The highest BCUT2D eigenvalue weighted by molar-refractivity contribution is 7.99. The lowest BCUT2D eigenvalue weighted by molar-refractivity contribution is 0.242. The van der Waals surface area contributed by atoms with Crippen LogP contribution >= 0.6 is 11.8 Å². The van der Waals surface area contributed by atoms with Crippen LogP contribution in [0.3, 0.4) is 0 Å². The Labute approximate surface area is 148 Å². The summed E-state index contributed by atoms with van der Waals surface area (Å²) in [7, 11) is 4.28. The summed E-state index contributed by atoms with van der Waals surface area (Å²) in [5.74, 6) is 1.32. The van der Waals surface area contributed by atoms with E-state index >= 15 is 0 Å². The fourth-order valence-corrected chi connectivity index (χ4v) is 5.11. The van der Waals surface area contributed by atoms with Crippen LogP contribution in [0.4, 0.5) is 5.69 Å². The molecular weight excluding hydrogens is 298 g/mol. The van der Waals surface area contributed by atoms with Gasteiger partial charge in [-0.2, -0.15) is 0 Å². The number of thioether (sulfide) groups is 1. The van der Waals surface area contributed by atoms with Crippen molar-refractivity contribution in [2.24, 2.45) is 5.41 Å². The summed E-state index contributed by atoms with van der Waals surface area (Å²) in [4.78, 5) is 3.76. The molecule has 0 saturated heterocycles. The molecule has 0 spiro atoms. The quantitative estimate of drug-likeness (QED) is 0.496. The standard InChI is InChI=1S/C21H35NS/c1-5-7-9-14-21(13-8-6-2)15-12-18-16-19(22(3)4)10-11-20(18)23-17-21/h10-11,16H,5-9,12-15,17H2,1-4H3. The normalized spacial score (nSPS) is 20.9. The molecule has 0 radical (unpaired) electrons. The Morgan fingerprint density at radius 2 is 1.78 bits per heavy atom. The van der Waals surface area contributed by atoms with Crippen molar-refractivity contribution < 1.29 is 0 Å². The summed E-state index contributed by atoms with van der Waals surface area (Å²) in [6, 6.07) is 7.06. The molecule has 130 valence electrons. The molecule has 1 nitrogen and oxygen atoms in total. The van der Waals surface area contributed by atoms with Crippen molar-refractivity contribution in [1.82, 2.24) is 0 Å². The molecule has 0 aliphatic carbocycles. The van der Waals surface area contributed by atoms with Crippen molar-refractivity contribution in [3.05, 3.63) is 23.8 Å². The smallest absolute Gasteiger partial charge is 0.0364 e. The van der Waals surface area contributed by atoms with Gasteiger partial charge in [-0.05, 0) is 54.9 Å². The van der Waals surface area contributed by atoms with E-state index in [1.165, 1.54) is 74.1 Å². The van der Waals surface area contributed by atoms with Gasteiger partial charge in [0.25, 0.3) is 0 Å². The molecule has 0 saturated carbocycles. The molecule has 1 aromatic rings. The third-order valence-electron chi connectivity index (χ3n) is 5.39. The number of rotatable bonds is 8. The van der Waals surface area contributed by atoms with Gasteiger partial charge in [-0.25, -0.2) is 0 Å². The second-order valence-electron chi connectivity index (χ2n) is 7.54. The molecule has 0 N–H and O–H groups in total. The maximum absolute atomic E-state index is 2.42. The first-order valence-electron chi connectivity index (χ1n) is 9.53. The summed E-state index contributed by atoms with van der Waals surface area (Å²) in [6.07, 6.45) is 12.4. The van der Waals surface area contributed by atoms with Crippen molar-refractivity contribution >= 4 is 17.4 Å². The van der Waals surface area contributed by atoms with Crippen LogP contribution in [0, 0.1) is 5.41 Å². The number of hydrogen-bond donors (Lipinski definition) is 0. The SMILES string of the molecule is CCCCCC1(CCCC)CCc2cc(N(C)C)ccc2SC1. The van der Waals surface area contributed by atoms with E-state index < -0.39 is 0 Å². The van der Waals surface area contributed by atoms with E-state index in [2.05, 4.69) is 62.8 Å². The minimum absolute atomic E-state index is 0.577. The number of unbranched alkanes of at least 4 members (excludes halogenated alkanes) is 3. The first-order valence-corrected chi connectivity index (χ1v) is 10.5. The Morgan fingerprint density at radius 3 is 2.48 bits per heavy atom. The fourth-order valence-electron chi connectivity index (χ4n) is 3.70. The number of anilines is 1. The molecule has 1 aliphatic heterocycles. The molecule has 1 heterocycles. The van der Waals surface area contributed by atoms with Gasteiger partial charge in [0.2, 0.25) is 0 Å². The number of fused-ring (bicyclic) bond motifs is 1. The van der Waals surface area contributed by atoms with Gasteiger partial charge >= 0.3 is 0 Å². The minimum Gasteiger partial charge on any atom is -0.378 e. The molecule has 1 unspecified atom stereocenters. The van der Waals surface area contributed by atoms with Crippen LogP contribution < -0.4 is 4.90 Å². The molecule has 1 aromatic carbocycles. The summed E-state index contributed by atoms with van der Waals surface area (Å²) < 4.78 is 0. The van der Waals surface area contributed by atoms with Gasteiger partial charge in [0.1, 0.15) is 0 Å². The first kappa shape index (κ1) is 18.7. The predicted molar refractivity (Wildman–Crippen MR) is 106 cm³/mol. The predicted octanol–water partition coefficient (Wildman–Crippen LogP) is 6.55. The molecule has 2 heteroatoms. The molecule has 1 atom stereocenters. The summed E-state index contributed by atoms with van der Waals surface area (Å²) in [6.45, 7) is 4.65. The highest BCUT2D eigenvalue weighted by Gasteiger charge is 2.31. The molecule has 23 heavy (non-hydrogen) atoms. The van der Waals surface area contributed by atoms with E-state index in [0.29, 0.717) is 5.41 Å². The molecule has 2 rings (SSSR count). The zero-order valence-electron chi connectivity index (χ0n) is 15.7. The topological polar surface area (TPSA) is 3.24 Å². The summed E-state index contributed by atoms with van der Waals surface area (Å²) in [5.41, 5.74) is 3.50. The minimum atomic E-state index is 0.577. The maximum Gasteiger partial charge on any atom is 0.0364 e. The van der Waals surface area contributed by atoms with Crippen molar-refractivity contribution in [1.29, 1.82) is 0 Å². The van der Waals surface area contributed by atoms with Crippen LogP contribution in [0.1, 0.15) is 70.8 Å².